The molecule has 136 valence electrons. The molecular weight excluding hydrogens is 340 g/mol. The lowest BCUT2D eigenvalue weighted by Crippen LogP contribution is -2.23. The zero-order valence-corrected chi connectivity index (χ0v) is 14.8. The maximum absolute atomic E-state index is 12.4. The topological polar surface area (TPSA) is 78.1 Å². The van der Waals surface area contributed by atoms with Gasteiger partial charge >= 0.3 is 0 Å². The van der Waals surface area contributed by atoms with E-state index in [9.17, 15) is 9.59 Å². The lowest BCUT2D eigenvalue weighted by molar-refractivity contribution is -0.117. The van der Waals surface area contributed by atoms with Crippen LogP contribution < -0.4 is 10.2 Å². The van der Waals surface area contributed by atoms with Crippen LogP contribution >= 0.6 is 0 Å². The fourth-order valence-electron chi connectivity index (χ4n) is 3.29. The normalized spacial score (nSPS) is 13.8. The first-order valence-electron chi connectivity index (χ1n) is 8.98. The number of carbonyl (C=O) groups excluding carboxylic acids is 2. The maximum Gasteiger partial charge on any atom is 0.228 e. The first-order chi connectivity index (χ1) is 13.2. The zero-order chi connectivity index (χ0) is 18.6. The lowest BCUT2D eigenvalue weighted by Gasteiger charge is -2.15. The van der Waals surface area contributed by atoms with Crippen molar-refractivity contribution < 1.29 is 9.59 Å². The quantitative estimate of drug-likeness (QED) is 0.732. The van der Waals surface area contributed by atoms with E-state index in [1.54, 1.807) is 11.1 Å². The third kappa shape index (κ3) is 3.89. The van der Waals surface area contributed by atoms with Crippen LogP contribution in [0.4, 0.5) is 11.4 Å². The van der Waals surface area contributed by atoms with E-state index in [1.165, 1.54) is 0 Å². The van der Waals surface area contributed by atoms with Gasteiger partial charge < -0.3 is 10.2 Å². The first kappa shape index (κ1) is 17.0. The van der Waals surface area contributed by atoms with Crippen LogP contribution in [0.25, 0.3) is 11.3 Å². The predicted molar refractivity (Wildman–Crippen MR) is 104 cm³/mol. The van der Waals surface area contributed by atoms with Crippen LogP contribution in [0.1, 0.15) is 18.4 Å². The Bertz CT molecular complexity index is 949. The number of carbonyl (C=O) groups is 2. The fourth-order valence-corrected chi connectivity index (χ4v) is 3.29. The molecule has 0 atom stereocenters. The first-order valence-corrected chi connectivity index (χ1v) is 8.98. The van der Waals surface area contributed by atoms with Gasteiger partial charge in [-0.25, -0.2) is 0 Å². The molecule has 1 aliphatic rings. The van der Waals surface area contributed by atoms with E-state index in [2.05, 4.69) is 15.5 Å². The number of hydrogen-bond acceptors (Lipinski definition) is 3. The molecule has 0 aliphatic carbocycles. The number of nitrogens with one attached hydrogen (secondary N) is 2. The Morgan fingerprint density at radius 1 is 1.15 bits per heavy atom. The summed E-state index contributed by atoms with van der Waals surface area (Å²) in [5.41, 5.74) is 4.41. The highest BCUT2D eigenvalue weighted by atomic mass is 16.2. The number of amides is 2. The summed E-state index contributed by atoms with van der Waals surface area (Å²) in [6.45, 7) is 0.769. The van der Waals surface area contributed by atoms with E-state index in [1.807, 2.05) is 54.6 Å². The largest absolute Gasteiger partial charge is 0.326 e. The molecule has 2 aromatic carbocycles. The van der Waals surface area contributed by atoms with Gasteiger partial charge in [-0.15, -0.1) is 0 Å². The highest BCUT2D eigenvalue weighted by molar-refractivity contribution is 5.95. The average molecular weight is 360 g/mol. The molecule has 1 aromatic heterocycles. The maximum atomic E-state index is 12.4. The second-order valence-electron chi connectivity index (χ2n) is 6.59. The summed E-state index contributed by atoms with van der Waals surface area (Å²) >= 11 is 0. The summed E-state index contributed by atoms with van der Waals surface area (Å²) in [4.78, 5) is 26.0. The van der Waals surface area contributed by atoms with Gasteiger partial charge in [0.25, 0.3) is 0 Å². The molecule has 0 spiro atoms. The summed E-state index contributed by atoms with van der Waals surface area (Å²) in [6.07, 6.45) is 3.49. The van der Waals surface area contributed by atoms with E-state index in [0.717, 1.165) is 41.2 Å². The van der Waals surface area contributed by atoms with Crippen molar-refractivity contribution in [1.29, 1.82) is 0 Å². The van der Waals surface area contributed by atoms with Gasteiger partial charge in [-0.1, -0.05) is 24.3 Å². The molecule has 1 fully saturated rings. The molecule has 1 aliphatic heterocycles. The van der Waals surface area contributed by atoms with Crippen molar-refractivity contribution in [3.05, 3.63) is 66.4 Å². The molecule has 0 radical (unpaired) electrons. The van der Waals surface area contributed by atoms with Crippen LogP contribution in [0.15, 0.2) is 60.8 Å². The fraction of sp³-hybridized carbons (Fsp3) is 0.190. The molecule has 2 N–H and O–H groups in total. The number of hydrogen-bond donors (Lipinski definition) is 2. The Morgan fingerprint density at radius 3 is 2.70 bits per heavy atom. The van der Waals surface area contributed by atoms with Crippen LogP contribution in [0, 0.1) is 0 Å². The van der Waals surface area contributed by atoms with Crippen LogP contribution in [0.3, 0.4) is 0 Å². The van der Waals surface area contributed by atoms with E-state index in [-0.39, 0.29) is 18.2 Å². The summed E-state index contributed by atoms with van der Waals surface area (Å²) in [7, 11) is 0. The van der Waals surface area contributed by atoms with Gasteiger partial charge in [-0.3, -0.25) is 14.7 Å². The Kier molecular flexibility index (Phi) is 4.70. The van der Waals surface area contributed by atoms with Gasteiger partial charge in [0.05, 0.1) is 12.1 Å². The third-order valence-electron chi connectivity index (χ3n) is 4.64. The van der Waals surface area contributed by atoms with E-state index in [0.29, 0.717) is 6.42 Å². The molecule has 0 unspecified atom stereocenters. The van der Waals surface area contributed by atoms with Crippen LogP contribution in [0.5, 0.6) is 0 Å². The van der Waals surface area contributed by atoms with Crippen LogP contribution in [-0.2, 0) is 16.0 Å². The van der Waals surface area contributed by atoms with E-state index in [4.69, 9.17) is 0 Å². The van der Waals surface area contributed by atoms with E-state index < -0.39 is 0 Å². The molecule has 0 saturated carbocycles. The summed E-state index contributed by atoms with van der Waals surface area (Å²) < 4.78 is 0. The summed E-state index contributed by atoms with van der Waals surface area (Å²) in [5.74, 6) is 0.0828. The second-order valence-corrected chi connectivity index (χ2v) is 6.59. The predicted octanol–water partition coefficient (Wildman–Crippen LogP) is 3.38. The molecule has 2 heterocycles. The van der Waals surface area contributed by atoms with Crippen molar-refractivity contribution in [2.75, 3.05) is 16.8 Å². The molecular formula is C21H20N4O2. The summed E-state index contributed by atoms with van der Waals surface area (Å²) in [5, 5.41) is 9.79. The smallest absolute Gasteiger partial charge is 0.228 e. The molecule has 2 amide bonds. The molecule has 4 rings (SSSR count). The Balaban J connectivity index is 1.39. The summed E-state index contributed by atoms with van der Waals surface area (Å²) in [6, 6.07) is 17.1. The number of benzene rings is 2. The van der Waals surface area contributed by atoms with Crippen LogP contribution in [-0.4, -0.2) is 28.6 Å². The minimum absolute atomic E-state index is 0.0817. The number of rotatable bonds is 5. The van der Waals surface area contributed by atoms with Crippen LogP contribution in [0.2, 0.25) is 0 Å². The lowest BCUT2D eigenvalue weighted by atomic mass is 10.1. The molecule has 6 heteroatoms. The van der Waals surface area contributed by atoms with Crippen molar-refractivity contribution in [2.45, 2.75) is 19.3 Å². The standard InChI is InChI=1S/C21H20N4O2/c26-20(23-17-4-1-3-16(14-17)19-10-11-22-24-19)13-15-6-8-18(9-7-15)25-12-2-5-21(25)27/h1,3-4,6-11,14H,2,5,12-13H2,(H,22,24)(H,23,26). The molecule has 3 aromatic rings. The third-order valence-corrected chi connectivity index (χ3v) is 4.64. The number of H-pyrrole nitrogens is 1. The molecule has 27 heavy (non-hydrogen) atoms. The highest BCUT2D eigenvalue weighted by Crippen LogP contribution is 2.23. The van der Waals surface area contributed by atoms with Crippen molar-refractivity contribution in [3.63, 3.8) is 0 Å². The number of anilines is 2. The minimum atomic E-state index is -0.0817. The van der Waals surface area contributed by atoms with Gasteiger partial charge in [0.15, 0.2) is 0 Å². The average Bonchev–Trinajstić information content (AvgIpc) is 3.34. The Morgan fingerprint density at radius 2 is 2.00 bits per heavy atom. The van der Waals surface area contributed by atoms with Gasteiger partial charge in [0, 0.05) is 36.1 Å². The molecule has 0 bridgehead atoms. The van der Waals surface area contributed by atoms with Gasteiger partial charge in [0.1, 0.15) is 0 Å². The molecule has 1 saturated heterocycles. The van der Waals surface area contributed by atoms with Gasteiger partial charge in [0.2, 0.25) is 11.8 Å². The minimum Gasteiger partial charge on any atom is -0.326 e. The Labute approximate surface area is 157 Å². The van der Waals surface area contributed by atoms with E-state index >= 15 is 0 Å². The highest BCUT2D eigenvalue weighted by Gasteiger charge is 2.21. The zero-order valence-electron chi connectivity index (χ0n) is 14.8. The molecule has 6 nitrogen and oxygen atoms in total. The van der Waals surface area contributed by atoms with Gasteiger partial charge in [-0.05, 0) is 42.3 Å². The van der Waals surface area contributed by atoms with Crippen molar-refractivity contribution >= 4 is 23.2 Å². The van der Waals surface area contributed by atoms with Crippen molar-refractivity contribution in [1.82, 2.24) is 10.2 Å². The van der Waals surface area contributed by atoms with Crippen molar-refractivity contribution in [2.24, 2.45) is 0 Å². The number of aromatic nitrogens is 2. The van der Waals surface area contributed by atoms with Gasteiger partial charge in [-0.2, -0.15) is 5.10 Å². The number of nitrogens with zero attached hydrogens (tertiary/aromatic N) is 2. The Hall–Kier alpha value is -3.41. The second kappa shape index (κ2) is 7.45. The SMILES string of the molecule is O=C(Cc1ccc(N2CCCC2=O)cc1)Nc1cccc(-c2ccn[nH]2)c1. The van der Waals surface area contributed by atoms with Crippen molar-refractivity contribution in [3.8, 4) is 11.3 Å². The number of aromatic amines is 1. The monoisotopic (exact) mass is 360 g/mol.